The van der Waals surface area contributed by atoms with Crippen molar-refractivity contribution in [3.63, 3.8) is 0 Å². The first-order valence-electron chi connectivity index (χ1n) is 21.2. The summed E-state index contributed by atoms with van der Waals surface area (Å²) in [6.45, 7) is 14.8. The highest BCUT2D eigenvalue weighted by molar-refractivity contribution is 7.80. The molecule has 4 aromatic rings. The van der Waals surface area contributed by atoms with Crippen LogP contribution in [0, 0.1) is 11.3 Å². The number of alkyl halides is 6. The molecule has 2 aromatic carbocycles. The lowest BCUT2D eigenvalue weighted by Crippen LogP contribution is -2.35. The van der Waals surface area contributed by atoms with Crippen LogP contribution in [-0.2, 0) is 12.4 Å². The minimum absolute atomic E-state index is 0.0774. The number of carbonyl (C=O) groups excluding carboxylic acids is 2. The van der Waals surface area contributed by atoms with Gasteiger partial charge in [0.2, 0.25) is 0 Å². The van der Waals surface area contributed by atoms with Gasteiger partial charge >= 0.3 is 12.4 Å². The van der Waals surface area contributed by atoms with Crippen LogP contribution < -0.4 is 26.2 Å². The van der Waals surface area contributed by atoms with Crippen LogP contribution >= 0.6 is 24.4 Å². The van der Waals surface area contributed by atoms with E-state index in [4.69, 9.17) is 23.2 Å². The fraction of sp³-hybridized carbons (Fsp3) is 0.413. The van der Waals surface area contributed by atoms with Crippen molar-refractivity contribution >= 4 is 69.3 Å². The van der Waals surface area contributed by atoms with Crippen LogP contribution in [0.5, 0.6) is 0 Å². The molecule has 0 atom stereocenters. The van der Waals surface area contributed by atoms with E-state index in [2.05, 4.69) is 68.4 Å². The number of hydrogen-bond donors (Lipinski definition) is 3. The highest BCUT2D eigenvalue weighted by Gasteiger charge is 2.32. The number of halogens is 6. The predicted octanol–water partition coefficient (Wildman–Crippen LogP) is 10.7. The van der Waals surface area contributed by atoms with Crippen LogP contribution in [-0.4, -0.2) is 82.8 Å². The third-order valence-corrected chi connectivity index (χ3v) is 10.2. The van der Waals surface area contributed by atoms with Gasteiger partial charge in [-0.2, -0.15) is 36.6 Å². The molecule has 2 saturated heterocycles. The Kier molecular flexibility index (Phi) is 25.1. The maximum atomic E-state index is 13.2. The van der Waals surface area contributed by atoms with Crippen molar-refractivity contribution in [2.24, 2.45) is 4.99 Å². The number of piperidine rings is 2. The molecular weight excluding hydrogens is 903 g/mol. The van der Waals surface area contributed by atoms with Crippen LogP contribution in [0.15, 0.2) is 90.4 Å². The topological polar surface area (TPSA) is 156 Å². The molecule has 356 valence electrons. The monoisotopic (exact) mass is 958 g/mol. The van der Waals surface area contributed by atoms with E-state index in [1.54, 1.807) is 36.5 Å². The standard InChI is InChI=1S/C19H19F3N4OS.C12H15F3N2.C7H4N2OS.C6H15N.C2H3N/c20-19(21,22)14-6-7-16(26-9-2-1-3-10-26)15(11-14)24-18(28)25-17(27)13-5-4-8-23-12-13;13-12(14,15)9-4-5-11(10(16)8-9)17-6-2-1-3-7-17;10-7(9-5-11)6-2-1-3-8-4-6;1-4-7(5-2)6-3;1-2-3/h4-8,11-12H,1-3,9-10H2,(H2,24,25,27,28);4-5,8H,1-3,6-7,16H2;1-4H;4-6H2,1-3H3;1H3. The molecule has 0 aliphatic carbocycles. The van der Waals surface area contributed by atoms with Crippen LogP contribution in [0.25, 0.3) is 0 Å². The largest absolute Gasteiger partial charge is 0.416 e. The number of rotatable bonds is 8. The highest BCUT2D eigenvalue weighted by Crippen LogP contribution is 2.37. The maximum absolute atomic E-state index is 13.2. The van der Waals surface area contributed by atoms with Gasteiger partial charge in [0.1, 0.15) is 0 Å². The van der Waals surface area contributed by atoms with E-state index in [9.17, 15) is 35.9 Å². The van der Waals surface area contributed by atoms with Gasteiger partial charge in [0, 0.05) is 57.9 Å². The number of isothiocyanates is 1. The van der Waals surface area contributed by atoms with Gasteiger partial charge in [0.05, 0.1) is 56.2 Å². The fourth-order valence-electron chi connectivity index (χ4n) is 6.47. The van der Waals surface area contributed by atoms with Crippen LogP contribution in [0.1, 0.15) is 98.1 Å². The summed E-state index contributed by atoms with van der Waals surface area (Å²) < 4.78 is 76.9. The highest BCUT2D eigenvalue weighted by atomic mass is 32.1. The van der Waals surface area contributed by atoms with E-state index >= 15 is 0 Å². The molecule has 2 aliphatic rings. The number of benzene rings is 2. The number of nitrogen functional groups attached to an aromatic ring is 1. The fourth-order valence-corrected chi connectivity index (χ4v) is 6.75. The quantitative estimate of drug-likeness (QED) is 0.0666. The minimum Gasteiger partial charge on any atom is -0.397 e. The number of nitriles is 1. The van der Waals surface area contributed by atoms with Gasteiger partial charge in [0.25, 0.3) is 11.8 Å². The maximum Gasteiger partial charge on any atom is 0.416 e. The molecule has 0 saturated carbocycles. The smallest absolute Gasteiger partial charge is 0.397 e. The Hall–Kier alpha value is -6.00. The van der Waals surface area contributed by atoms with Crippen molar-refractivity contribution in [3.8, 4) is 6.07 Å². The molecule has 6 rings (SSSR count). The first-order valence-corrected chi connectivity index (χ1v) is 22.0. The number of hydrogen-bond acceptors (Lipinski definition) is 11. The lowest BCUT2D eigenvalue weighted by molar-refractivity contribution is -0.138. The Morgan fingerprint density at radius 2 is 1.23 bits per heavy atom. The summed E-state index contributed by atoms with van der Waals surface area (Å²) in [6.07, 6.45) is 3.48. The second kappa shape index (κ2) is 29.5. The van der Waals surface area contributed by atoms with E-state index in [0.717, 1.165) is 88.2 Å². The lowest BCUT2D eigenvalue weighted by atomic mass is 10.1. The van der Waals surface area contributed by atoms with Gasteiger partial charge in [-0.05, 0) is 143 Å². The summed E-state index contributed by atoms with van der Waals surface area (Å²) in [6, 6.07) is 15.3. The number of nitrogens with zero attached hydrogens (tertiary/aromatic N) is 7. The Balaban J connectivity index is 0.000000333. The summed E-state index contributed by atoms with van der Waals surface area (Å²) in [4.78, 5) is 40.4. The molecule has 20 heteroatoms. The molecule has 2 aromatic heterocycles. The lowest BCUT2D eigenvalue weighted by Gasteiger charge is -2.31. The number of amides is 2. The number of nitrogens with one attached hydrogen (secondary N) is 2. The average molecular weight is 959 g/mol. The Morgan fingerprint density at radius 1 is 0.773 bits per heavy atom. The molecule has 2 aliphatic heterocycles. The van der Waals surface area contributed by atoms with Crippen molar-refractivity contribution < 1.29 is 35.9 Å². The first-order chi connectivity index (χ1) is 31.4. The SMILES string of the molecule is CC#N.CCN(CC)CC.Nc1cc(C(F)(F)F)ccc1N1CCCCC1.O=C(N=C=S)c1cccnc1.O=C(NC(=S)Nc1cc(C(F)(F)F)ccc1N1CCCCC1)c1cccnc1. The normalized spacial score (nSPS) is 13.2. The molecule has 0 bridgehead atoms. The van der Waals surface area contributed by atoms with E-state index in [1.165, 1.54) is 63.7 Å². The molecule has 66 heavy (non-hydrogen) atoms. The van der Waals surface area contributed by atoms with E-state index in [1.807, 2.05) is 10.1 Å². The van der Waals surface area contributed by atoms with Gasteiger partial charge < -0.3 is 25.8 Å². The molecule has 12 nitrogen and oxygen atoms in total. The zero-order chi connectivity index (χ0) is 49.1. The van der Waals surface area contributed by atoms with E-state index in [-0.39, 0.29) is 16.5 Å². The number of aromatic nitrogens is 2. The van der Waals surface area contributed by atoms with Crippen LogP contribution in [0.3, 0.4) is 0 Å². The van der Waals surface area contributed by atoms with Gasteiger partial charge in [-0.25, -0.2) is 0 Å². The minimum atomic E-state index is -4.47. The summed E-state index contributed by atoms with van der Waals surface area (Å²) in [5.41, 5.74) is 6.74. The van der Waals surface area contributed by atoms with Crippen molar-refractivity contribution in [1.82, 2.24) is 20.2 Å². The number of aliphatic imine (C=N–C) groups is 1. The number of thiocarbonyl (C=S) groups is 2. The molecule has 2 fully saturated rings. The number of nitrogens with two attached hydrogens (primary N) is 1. The van der Waals surface area contributed by atoms with Gasteiger partial charge in [-0.3, -0.25) is 24.9 Å². The van der Waals surface area contributed by atoms with Crippen LogP contribution in [0.4, 0.5) is 49.1 Å². The molecule has 0 unspecified atom stereocenters. The summed E-state index contributed by atoms with van der Waals surface area (Å²) in [5.74, 6) is -0.898. The summed E-state index contributed by atoms with van der Waals surface area (Å²) in [5, 5.41) is 14.5. The molecule has 0 spiro atoms. The van der Waals surface area contributed by atoms with Crippen LogP contribution in [0.2, 0.25) is 0 Å². The Morgan fingerprint density at radius 3 is 1.64 bits per heavy atom. The second-order valence-electron chi connectivity index (χ2n) is 14.3. The number of anilines is 4. The Bertz CT molecular complexity index is 2180. The molecular formula is C46H56F6N10O2S2. The van der Waals surface area contributed by atoms with E-state index in [0.29, 0.717) is 16.8 Å². The van der Waals surface area contributed by atoms with Gasteiger partial charge in [-0.1, -0.05) is 20.8 Å². The second-order valence-corrected chi connectivity index (χ2v) is 14.9. The zero-order valence-corrected chi connectivity index (χ0v) is 39.0. The Labute approximate surface area is 393 Å². The average Bonchev–Trinajstić information content (AvgIpc) is 3.31. The molecule has 4 N–H and O–H groups in total. The summed E-state index contributed by atoms with van der Waals surface area (Å²) in [7, 11) is 0. The first kappa shape index (κ1) is 56.1. The van der Waals surface area contributed by atoms with E-state index < -0.39 is 35.3 Å². The van der Waals surface area contributed by atoms with Gasteiger partial charge in [-0.15, -0.1) is 0 Å². The molecule has 4 heterocycles. The van der Waals surface area contributed by atoms with Crippen molar-refractivity contribution in [2.45, 2.75) is 78.6 Å². The van der Waals surface area contributed by atoms with Crippen molar-refractivity contribution in [2.75, 3.05) is 66.7 Å². The number of pyridine rings is 2. The van der Waals surface area contributed by atoms with Crippen molar-refractivity contribution in [1.29, 1.82) is 5.26 Å². The third-order valence-electron chi connectivity index (χ3n) is 9.87. The predicted molar refractivity (Wildman–Crippen MR) is 256 cm³/mol. The van der Waals surface area contributed by atoms with Crippen molar-refractivity contribution in [3.05, 3.63) is 108 Å². The number of carbonyl (C=O) groups is 2. The molecule has 2 amide bonds. The van der Waals surface area contributed by atoms with Gasteiger partial charge in [0.15, 0.2) is 5.11 Å². The molecule has 0 radical (unpaired) electrons. The third kappa shape index (κ3) is 20.0. The summed E-state index contributed by atoms with van der Waals surface area (Å²) >= 11 is 9.42. The zero-order valence-electron chi connectivity index (χ0n) is 37.4.